The fourth-order valence-electron chi connectivity index (χ4n) is 4.81. The lowest BCUT2D eigenvalue weighted by atomic mass is 9.73. The van der Waals surface area contributed by atoms with E-state index in [1.165, 1.54) is 19.4 Å². The van der Waals surface area contributed by atoms with Gasteiger partial charge in [-0.25, -0.2) is 13.2 Å². The van der Waals surface area contributed by atoms with E-state index in [0.29, 0.717) is 52.2 Å². The van der Waals surface area contributed by atoms with Crippen LogP contribution in [0.1, 0.15) is 16.1 Å². The number of aromatic amines is 1. The van der Waals surface area contributed by atoms with Gasteiger partial charge in [-0.2, -0.15) is 0 Å². The van der Waals surface area contributed by atoms with Crippen molar-refractivity contribution in [2.75, 3.05) is 38.6 Å². The summed E-state index contributed by atoms with van der Waals surface area (Å²) >= 11 is 6.27. The van der Waals surface area contributed by atoms with Gasteiger partial charge in [-0.05, 0) is 18.2 Å². The summed E-state index contributed by atoms with van der Waals surface area (Å²) in [5.41, 5.74) is 1.66. The number of hydrogen-bond acceptors (Lipinski definition) is 5. The summed E-state index contributed by atoms with van der Waals surface area (Å²) in [5.74, 6) is -0.573. The fourth-order valence-corrected chi connectivity index (χ4v) is 5.06. The van der Waals surface area contributed by atoms with Crippen LogP contribution in [0.5, 0.6) is 5.75 Å². The number of H-pyrrole nitrogens is 1. The molecule has 2 aliphatic rings. The Morgan fingerprint density at radius 2 is 2.12 bits per heavy atom. The Labute approximate surface area is 198 Å². The number of amides is 1. The van der Waals surface area contributed by atoms with Crippen LogP contribution < -0.4 is 15.4 Å². The molecule has 2 aromatic heterocycles. The molecule has 1 spiro atoms. The van der Waals surface area contributed by atoms with Gasteiger partial charge in [0.2, 0.25) is 0 Å². The van der Waals surface area contributed by atoms with Crippen LogP contribution in [0, 0.1) is 5.82 Å². The number of nitrogens with zero attached hydrogens (tertiary/aromatic N) is 2. The number of benzene rings is 1. The number of methoxy groups -OCH3 is 1. The largest absolute Gasteiger partial charge is 0.493 e. The molecule has 1 amide bonds. The zero-order valence-corrected chi connectivity index (χ0v) is 18.8. The number of anilines is 2. The third-order valence-corrected chi connectivity index (χ3v) is 6.56. The molecule has 0 aliphatic carbocycles. The summed E-state index contributed by atoms with van der Waals surface area (Å²) in [7, 11) is 1.47. The zero-order valence-electron chi connectivity index (χ0n) is 18.1. The van der Waals surface area contributed by atoms with E-state index in [-0.39, 0.29) is 24.6 Å². The molecule has 5 rings (SSSR count). The van der Waals surface area contributed by atoms with Gasteiger partial charge in [-0.1, -0.05) is 17.7 Å². The van der Waals surface area contributed by atoms with Gasteiger partial charge >= 0.3 is 0 Å². The lowest BCUT2D eigenvalue weighted by Crippen LogP contribution is -2.66. The van der Waals surface area contributed by atoms with E-state index < -0.39 is 17.7 Å². The number of likely N-dealkylation sites (tertiary alicyclic amines) is 1. The molecular formula is C23H21ClF3N5O2. The van der Waals surface area contributed by atoms with E-state index >= 15 is 0 Å². The minimum absolute atomic E-state index is 0.208. The normalized spacial score (nSPS) is 16.8. The topological polar surface area (TPSA) is 82.3 Å². The molecule has 1 fully saturated rings. The number of fused-ring (bicyclic) bond motifs is 2. The van der Waals surface area contributed by atoms with Crippen molar-refractivity contribution in [1.29, 1.82) is 0 Å². The van der Waals surface area contributed by atoms with Crippen molar-refractivity contribution < 1.29 is 22.7 Å². The van der Waals surface area contributed by atoms with Crippen molar-refractivity contribution >= 4 is 28.9 Å². The monoisotopic (exact) mass is 491 g/mol. The van der Waals surface area contributed by atoms with Crippen molar-refractivity contribution in [3.05, 3.63) is 58.8 Å². The number of alkyl halides is 2. The van der Waals surface area contributed by atoms with E-state index in [1.807, 2.05) is 0 Å². The highest BCUT2D eigenvalue weighted by molar-refractivity contribution is 6.32. The van der Waals surface area contributed by atoms with E-state index in [2.05, 4.69) is 20.6 Å². The zero-order chi connectivity index (χ0) is 24.0. The highest BCUT2D eigenvalue weighted by Gasteiger charge is 2.51. The molecule has 0 saturated carbocycles. The van der Waals surface area contributed by atoms with Gasteiger partial charge in [0.1, 0.15) is 0 Å². The van der Waals surface area contributed by atoms with E-state index in [1.54, 1.807) is 23.1 Å². The third kappa shape index (κ3) is 3.67. The molecule has 2 aliphatic heterocycles. The Bertz CT molecular complexity index is 1260. The Balaban J connectivity index is 1.66. The summed E-state index contributed by atoms with van der Waals surface area (Å²) in [6, 6.07) is 6.60. The van der Waals surface area contributed by atoms with E-state index in [0.717, 1.165) is 6.20 Å². The molecular weight excluding hydrogens is 471 g/mol. The number of nitrogens with one attached hydrogen (secondary N) is 3. The highest BCUT2D eigenvalue weighted by atomic mass is 35.5. The number of para-hydroxylation sites is 1. The number of hydrogen-bond donors (Lipinski definition) is 3. The molecule has 1 aromatic carbocycles. The number of carbonyl (C=O) groups is 1. The van der Waals surface area contributed by atoms with Crippen molar-refractivity contribution in [3.8, 4) is 17.0 Å². The predicted octanol–water partition coefficient (Wildman–Crippen LogP) is 4.18. The number of carbonyl (C=O) groups excluding carboxylic acids is 1. The summed E-state index contributed by atoms with van der Waals surface area (Å²) in [6.45, 7) is 0.617. The molecule has 3 aromatic rings. The molecule has 34 heavy (non-hydrogen) atoms. The Morgan fingerprint density at radius 3 is 2.82 bits per heavy atom. The first kappa shape index (κ1) is 22.5. The predicted molar refractivity (Wildman–Crippen MR) is 122 cm³/mol. The number of halogens is 4. The first-order valence-corrected chi connectivity index (χ1v) is 11.0. The minimum atomic E-state index is -2.45. The molecule has 0 unspecified atom stereocenters. The molecule has 3 N–H and O–H groups in total. The molecule has 0 atom stereocenters. The van der Waals surface area contributed by atoms with Crippen LogP contribution in [0.4, 0.5) is 24.5 Å². The summed E-state index contributed by atoms with van der Waals surface area (Å²) in [6.07, 6.45) is 0.0845. The SMILES string of the molecule is COc1c(Cl)cccc1Nc1c(-c2ccncc2F)[nH]c2c1C(=O)NCC21CN(CC(F)F)C1. The van der Waals surface area contributed by atoms with Gasteiger partial charge in [0.25, 0.3) is 12.3 Å². The lowest BCUT2D eigenvalue weighted by Gasteiger charge is -2.51. The number of ether oxygens (including phenoxy) is 1. The number of pyridine rings is 1. The molecule has 178 valence electrons. The second-order valence-corrected chi connectivity index (χ2v) is 8.86. The Hall–Kier alpha value is -3.24. The van der Waals surface area contributed by atoms with Crippen LogP contribution in [0.3, 0.4) is 0 Å². The van der Waals surface area contributed by atoms with Gasteiger partial charge in [0.15, 0.2) is 11.6 Å². The molecule has 0 radical (unpaired) electrons. The molecule has 11 heteroatoms. The van der Waals surface area contributed by atoms with Crippen LogP contribution in [0.2, 0.25) is 5.02 Å². The minimum Gasteiger partial charge on any atom is -0.493 e. The fraction of sp³-hybridized carbons (Fsp3) is 0.304. The highest BCUT2D eigenvalue weighted by Crippen LogP contribution is 2.46. The lowest BCUT2D eigenvalue weighted by molar-refractivity contribution is 0.00260. The first-order chi connectivity index (χ1) is 16.3. The molecule has 4 heterocycles. The summed E-state index contributed by atoms with van der Waals surface area (Å²) in [4.78, 5) is 21.8. The average Bonchev–Trinajstić information content (AvgIpc) is 3.15. The molecule has 1 saturated heterocycles. The van der Waals surface area contributed by atoms with Crippen LogP contribution in [0.25, 0.3) is 11.3 Å². The second kappa shape index (κ2) is 8.52. The standard InChI is InChI=1S/C23H21ClF3N5O2/c1-34-20-13(24)3-2-4-15(20)30-19-17-21(31-18(19)12-5-6-28-7-14(12)25)23(9-29-22(17)33)10-32(11-23)8-16(26)27/h2-7,16,30-31H,8-11H2,1H3,(H,29,33). The maximum Gasteiger partial charge on any atom is 0.255 e. The molecule has 7 nitrogen and oxygen atoms in total. The van der Waals surface area contributed by atoms with E-state index in [9.17, 15) is 18.0 Å². The van der Waals surface area contributed by atoms with Crippen molar-refractivity contribution in [1.82, 2.24) is 20.2 Å². The van der Waals surface area contributed by atoms with Crippen LogP contribution in [-0.2, 0) is 5.41 Å². The van der Waals surface area contributed by atoms with Crippen LogP contribution in [-0.4, -0.2) is 60.5 Å². The number of rotatable bonds is 6. The van der Waals surface area contributed by atoms with Crippen molar-refractivity contribution in [2.24, 2.45) is 0 Å². The Morgan fingerprint density at radius 1 is 1.32 bits per heavy atom. The maximum absolute atomic E-state index is 14.8. The third-order valence-electron chi connectivity index (χ3n) is 6.27. The van der Waals surface area contributed by atoms with Crippen LogP contribution >= 0.6 is 11.6 Å². The van der Waals surface area contributed by atoms with Gasteiger partial charge in [0.05, 0.1) is 52.9 Å². The van der Waals surface area contributed by atoms with Crippen molar-refractivity contribution in [3.63, 3.8) is 0 Å². The first-order valence-electron chi connectivity index (χ1n) is 10.6. The maximum atomic E-state index is 14.8. The van der Waals surface area contributed by atoms with Gasteiger partial charge < -0.3 is 20.4 Å². The van der Waals surface area contributed by atoms with Gasteiger partial charge in [-0.15, -0.1) is 0 Å². The van der Waals surface area contributed by atoms with Crippen LogP contribution in [0.15, 0.2) is 36.7 Å². The van der Waals surface area contributed by atoms with Crippen molar-refractivity contribution in [2.45, 2.75) is 11.8 Å². The molecule has 0 bridgehead atoms. The second-order valence-electron chi connectivity index (χ2n) is 8.45. The average molecular weight is 492 g/mol. The summed E-state index contributed by atoms with van der Waals surface area (Å²) in [5, 5.41) is 6.44. The number of aromatic nitrogens is 2. The van der Waals surface area contributed by atoms with Gasteiger partial charge in [0, 0.05) is 37.1 Å². The smallest absolute Gasteiger partial charge is 0.255 e. The summed E-state index contributed by atoms with van der Waals surface area (Å²) < 4.78 is 46.0. The quantitative estimate of drug-likeness (QED) is 0.482. The van der Waals surface area contributed by atoms with E-state index in [4.69, 9.17) is 16.3 Å². The Kier molecular flexibility index (Phi) is 5.65. The van der Waals surface area contributed by atoms with Gasteiger partial charge in [-0.3, -0.25) is 14.7 Å².